The quantitative estimate of drug-likeness (QED) is 0.591. The Labute approximate surface area is 72.5 Å². The first-order chi connectivity index (χ1) is 5.75. The number of hydrogen-bond acceptors (Lipinski definition) is 3. The number of nitrogens with one attached hydrogen (secondary N) is 1. The number of hydrogen-bond donors (Lipinski definition) is 1. The zero-order valence-corrected chi connectivity index (χ0v) is 7.38. The summed E-state index contributed by atoms with van der Waals surface area (Å²) in [6.07, 6.45) is 4.77. The van der Waals surface area contributed by atoms with Crippen LogP contribution in [0.3, 0.4) is 0 Å². The van der Waals surface area contributed by atoms with Crippen LogP contribution in [0.4, 0.5) is 0 Å². The zero-order valence-electron chi connectivity index (χ0n) is 7.38. The summed E-state index contributed by atoms with van der Waals surface area (Å²) in [6, 6.07) is 1.13. The number of rotatable bonds is 1. The van der Waals surface area contributed by atoms with E-state index >= 15 is 0 Å². The van der Waals surface area contributed by atoms with Crippen molar-refractivity contribution in [3.63, 3.8) is 0 Å². The molecule has 3 nitrogen and oxygen atoms in total. The van der Waals surface area contributed by atoms with E-state index in [1.54, 1.807) is 0 Å². The van der Waals surface area contributed by atoms with Gasteiger partial charge in [-0.25, -0.2) is 0 Å². The highest BCUT2D eigenvalue weighted by Gasteiger charge is 2.36. The average molecular weight is 169 g/mol. The van der Waals surface area contributed by atoms with E-state index in [2.05, 4.69) is 5.32 Å². The van der Waals surface area contributed by atoms with Crippen molar-refractivity contribution in [3.8, 4) is 0 Å². The topological polar surface area (TPSA) is 38.3 Å². The highest BCUT2D eigenvalue weighted by Crippen LogP contribution is 2.28. The molecule has 0 aromatic carbocycles. The SMILES string of the molecule is CC(=O)O[C@H]1CC[C@@H]2CC[C@H]1N2. The monoisotopic (exact) mass is 169 g/mol. The standard InChI is InChI=1S/C9H15NO2/c1-6(11)12-9-5-3-7-2-4-8(9)10-7/h7-10H,2-5H2,1H3/t7-,8+,9-/m0/s1. The molecule has 0 saturated carbocycles. The van der Waals surface area contributed by atoms with E-state index in [1.165, 1.54) is 19.8 Å². The van der Waals surface area contributed by atoms with Crippen molar-refractivity contribution in [1.29, 1.82) is 0 Å². The molecule has 0 radical (unpaired) electrons. The molecule has 2 aliphatic rings. The molecule has 0 unspecified atom stereocenters. The maximum Gasteiger partial charge on any atom is 0.302 e. The first kappa shape index (κ1) is 8.05. The van der Waals surface area contributed by atoms with Gasteiger partial charge in [-0.15, -0.1) is 0 Å². The number of ether oxygens (including phenoxy) is 1. The van der Waals surface area contributed by atoms with Gasteiger partial charge >= 0.3 is 5.97 Å². The molecule has 0 aliphatic carbocycles. The molecule has 0 spiro atoms. The van der Waals surface area contributed by atoms with Crippen LogP contribution in [0.5, 0.6) is 0 Å². The van der Waals surface area contributed by atoms with Gasteiger partial charge in [-0.3, -0.25) is 4.79 Å². The molecule has 0 aromatic heterocycles. The summed E-state index contributed by atoms with van der Waals surface area (Å²) in [6.45, 7) is 1.49. The molecule has 2 aliphatic heterocycles. The molecule has 12 heavy (non-hydrogen) atoms. The van der Waals surface area contributed by atoms with Crippen LogP contribution in [0.15, 0.2) is 0 Å². The van der Waals surface area contributed by atoms with Gasteiger partial charge < -0.3 is 10.1 Å². The van der Waals surface area contributed by atoms with E-state index in [-0.39, 0.29) is 12.1 Å². The van der Waals surface area contributed by atoms with E-state index in [0.717, 1.165) is 12.8 Å². The second-order valence-electron chi connectivity index (χ2n) is 3.77. The smallest absolute Gasteiger partial charge is 0.302 e. The summed E-state index contributed by atoms with van der Waals surface area (Å²) in [5.74, 6) is -0.146. The van der Waals surface area contributed by atoms with Crippen LogP contribution in [0.1, 0.15) is 32.6 Å². The molecule has 2 fully saturated rings. The van der Waals surface area contributed by atoms with Crippen LogP contribution in [0.25, 0.3) is 0 Å². The Morgan fingerprint density at radius 1 is 1.33 bits per heavy atom. The maximum atomic E-state index is 10.7. The van der Waals surface area contributed by atoms with Gasteiger partial charge in [0.2, 0.25) is 0 Å². The van der Waals surface area contributed by atoms with E-state index in [0.29, 0.717) is 12.1 Å². The van der Waals surface area contributed by atoms with Crippen LogP contribution >= 0.6 is 0 Å². The molecule has 0 amide bonds. The lowest BCUT2D eigenvalue weighted by molar-refractivity contribution is -0.148. The minimum atomic E-state index is -0.146. The molecular weight excluding hydrogens is 154 g/mol. The largest absolute Gasteiger partial charge is 0.461 e. The van der Waals surface area contributed by atoms with Crippen molar-refractivity contribution in [2.45, 2.75) is 50.8 Å². The third kappa shape index (κ3) is 1.46. The van der Waals surface area contributed by atoms with Gasteiger partial charge in [0.25, 0.3) is 0 Å². The average Bonchev–Trinajstić information content (AvgIpc) is 2.39. The second kappa shape index (κ2) is 3.05. The predicted octanol–water partition coefficient (Wildman–Crippen LogP) is 0.833. The van der Waals surface area contributed by atoms with E-state index in [1.807, 2.05) is 0 Å². The van der Waals surface area contributed by atoms with Crippen LogP contribution in [-0.2, 0) is 9.53 Å². The molecule has 0 aromatic rings. The van der Waals surface area contributed by atoms with Crippen molar-refractivity contribution >= 4 is 5.97 Å². The third-order valence-corrected chi connectivity index (χ3v) is 2.84. The van der Waals surface area contributed by atoms with Crippen LogP contribution < -0.4 is 5.32 Å². The minimum Gasteiger partial charge on any atom is -0.461 e. The molecule has 3 atom stereocenters. The van der Waals surface area contributed by atoms with Crippen molar-refractivity contribution in [3.05, 3.63) is 0 Å². The van der Waals surface area contributed by atoms with Crippen molar-refractivity contribution in [2.75, 3.05) is 0 Å². The molecule has 2 bridgehead atoms. The number of carbonyl (C=O) groups is 1. The first-order valence-corrected chi connectivity index (χ1v) is 4.69. The Morgan fingerprint density at radius 3 is 2.83 bits per heavy atom. The van der Waals surface area contributed by atoms with Crippen molar-refractivity contribution in [2.24, 2.45) is 0 Å². The molecule has 2 saturated heterocycles. The fraction of sp³-hybridized carbons (Fsp3) is 0.889. The Kier molecular flexibility index (Phi) is 2.05. The molecule has 1 N–H and O–H groups in total. The van der Waals surface area contributed by atoms with E-state index in [9.17, 15) is 4.79 Å². The van der Waals surface area contributed by atoms with Crippen LogP contribution in [0.2, 0.25) is 0 Å². The van der Waals surface area contributed by atoms with Crippen molar-refractivity contribution in [1.82, 2.24) is 5.32 Å². The highest BCUT2D eigenvalue weighted by molar-refractivity contribution is 5.66. The van der Waals surface area contributed by atoms with Gasteiger partial charge in [-0.1, -0.05) is 0 Å². The second-order valence-corrected chi connectivity index (χ2v) is 3.77. The van der Waals surface area contributed by atoms with Crippen molar-refractivity contribution < 1.29 is 9.53 Å². The molecule has 2 heterocycles. The number of fused-ring (bicyclic) bond motifs is 2. The number of esters is 1. The summed E-state index contributed by atoms with van der Waals surface area (Å²) >= 11 is 0. The Balaban J connectivity index is 1.93. The fourth-order valence-corrected chi connectivity index (χ4v) is 2.29. The molecule has 3 heteroatoms. The third-order valence-electron chi connectivity index (χ3n) is 2.84. The summed E-state index contributed by atoms with van der Waals surface area (Å²) < 4.78 is 5.22. The first-order valence-electron chi connectivity index (χ1n) is 4.69. The highest BCUT2D eigenvalue weighted by atomic mass is 16.5. The normalized spacial score (nSPS) is 39.6. The maximum absolute atomic E-state index is 10.7. The van der Waals surface area contributed by atoms with Gasteiger partial charge in [-0.2, -0.15) is 0 Å². The lowest BCUT2D eigenvalue weighted by Gasteiger charge is -2.29. The fourth-order valence-electron chi connectivity index (χ4n) is 2.29. The van der Waals surface area contributed by atoms with Gasteiger partial charge in [0.15, 0.2) is 0 Å². The van der Waals surface area contributed by atoms with Crippen LogP contribution in [-0.4, -0.2) is 24.2 Å². The van der Waals surface area contributed by atoms with Gasteiger partial charge in [-0.05, 0) is 25.7 Å². The predicted molar refractivity (Wildman–Crippen MR) is 44.7 cm³/mol. The summed E-state index contributed by atoms with van der Waals surface area (Å²) in [5, 5.41) is 3.47. The van der Waals surface area contributed by atoms with Gasteiger partial charge in [0, 0.05) is 19.0 Å². The number of carbonyl (C=O) groups excluding carboxylic acids is 1. The summed E-state index contributed by atoms with van der Waals surface area (Å²) in [4.78, 5) is 10.7. The van der Waals surface area contributed by atoms with E-state index < -0.39 is 0 Å². The lowest BCUT2D eigenvalue weighted by Crippen LogP contribution is -2.45. The van der Waals surface area contributed by atoms with Crippen LogP contribution in [0, 0.1) is 0 Å². The lowest BCUT2D eigenvalue weighted by atomic mass is 10.0. The summed E-state index contributed by atoms with van der Waals surface area (Å²) in [5.41, 5.74) is 0. The Bertz CT molecular complexity index is 193. The van der Waals surface area contributed by atoms with Gasteiger partial charge in [0.1, 0.15) is 6.10 Å². The Morgan fingerprint density at radius 2 is 2.08 bits per heavy atom. The Hall–Kier alpha value is -0.570. The van der Waals surface area contributed by atoms with E-state index in [4.69, 9.17) is 4.74 Å². The summed E-state index contributed by atoms with van der Waals surface area (Å²) in [7, 11) is 0. The number of piperidine rings is 1. The molecular formula is C9H15NO2. The minimum absolute atomic E-state index is 0.140. The molecule has 68 valence electrons. The molecule has 2 rings (SSSR count). The van der Waals surface area contributed by atoms with Gasteiger partial charge in [0.05, 0.1) is 0 Å². The zero-order chi connectivity index (χ0) is 8.55.